The number of rotatable bonds is 6. The first-order valence-electron chi connectivity index (χ1n) is 9.78. The van der Waals surface area contributed by atoms with Crippen LogP contribution in [0.25, 0.3) is 33.9 Å². The lowest BCUT2D eigenvalue weighted by Crippen LogP contribution is -2.31. The maximum Gasteiger partial charge on any atom is 0.425 e. The number of fused-ring (bicyclic) bond motifs is 1. The van der Waals surface area contributed by atoms with Gasteiger partial charge in [-0.1, -0.05) is 5.16 Å². The number of carboxylic acid groups (broad SMARTS) is 1. The Hall–Kier alpha value is -4.10. The molecule has 0 aliphatic heterocycles. The van der Waals surface area contributed by atoms with Gasteiger partial charge in [0.1, 0.15) is 12.3 Å². The fourth-order valence-corrected chi connectivity index (χ4v) is 3.18. The number of halogens is 6. The molecule has 0 aliphatic carbocycles. The van der Waals surface area contributed by atoms with E-state index in [0.717, 1.165) is 12.1 Å². The van der Waals surface area contributed by atoms with Crippen LogP contribution in [0.3, 0.4) is 0 Å². The van der Waals surface area contributed by atoms with Gasteiger partial charge in [-0.3, -0.25) is 4.79 Å². The number of aromatic nitrogens is 4. The molecule has 0 amide bonds. The second-order valence-electron chi connectivity index (χ2n) is 7.40. The molecule has 184 valence electrons. The summed E-state index contributed by atoms with van der Waals surface area (Å²) in [5.74, 6) is -2.35. The van der Waals surface area contributed by atoms with Crippen molar-refractivity contribution in [2.24, 2.45) is 0 Å². The molecule has 0 fully saturated rings. The van der Waals surface area contributed by atoms with Crippen LogP contribution in [-0.2, 0) is 17.5 Å². The van der Waals surface area contributed by atoms with E-state index in [2.05, 4.69) is 19.9 Å². The van der Waals surface area contributed by atoms with E-state index in [-0.39, 0.29) is 23.8 Å². The van der Waals surface area contributed by atoms with E-state index in [1.165, 1.54) is 10.9 Å². The molecule has 0 saturated carbocycles. The smallest absolute Gasteiger partial charge is 0.425 e. The third kappa shape index (κ3) is 5.05. The van der Waals surface area contributed by atoms with Gasteiger partial charge < -0.3 is 18.9 Å². The SMILES string of the molecule is CC(Oc1ccc(-c2nc(-c3ccc4c(c3)ncn4CC(=O)O)no2)cc1C(F)(F)F)C(F)(F)F. The fraction of sp³-hybridized carbons (Fsp3) is 0.238. The minimum absolute atomic E-state index is 0.00858. The number of ether oxygens (including phenoxy) is 1. The summed E-state index contributed by atoms with van der Waals surface area (Å²) < 4.78 is 89.8. The van der Waals surface area contributed by atoms with Crippen molar-refractivity contribution < 1.29 is 45.5 Å². The molecule has 2 heterocycles. The Kier molecular flexibility index (Phi) is 5.90. The lowest BCUT2D eigenvalue weighted by molar-refractivity contribution is -0.191. The highest BCUT2D eigenvalue weighted by Crippen LogP contribution is 2.40. The number of benzene rings is 2. The number of hydrogen-bond acceptors (Lipinski definition) is 6. The van der Waals surface area contributed by atoms with Gasteiger partial charge in [0.15, 0.2) is 6.10 Å². The summed E-state index contributed by atoms with van der Waals surface area (Å²) in [6.07, 6.45) is -11.0. The molecule has 0 saturated heterocycles. The van der Waals surface area contributed by atoms with Crippen LogP contribution in [-0.4, -0.2) is 43.0 Å². The molecule has 2 aromatic carbocycles. The summed E-state index contributed by atoms with van der Waals surface area (Å²) in [4.78, 5) is 19.1. The predicted molar refractivity (Wildman–Crippen MR) is 107 cm³/mol. The lowest BCUT2D eigenvalue weighted by Gasteiger charge is -2.20. The molecule has 8 nitrogen and oxygen atoms in total. The first kappa shape index (κ1) is 24.0. The van der Waals surface area contributed by atoms with Crippen LogP contribution in [0.4, 0.5) is 26.3 Å². The van der Waals surface area contributed by atoms with Gasteiger partial charge in [-0.2, -0.15) is 31.3 Å². The highest BCUT2D eigenvalue weighted by Gasteiger charge is 2.41. The highest BCUT2D eigenvalue weighted by atomic mass is 19.4. The second kappa shape index (κ2) is 8.60. The van der Waals surface area contributed by atoms with Gasteiger partial charge in [-0.15, -0.1) is 0 Å². The molecule has 0 radical (unpaired) electrons. The van der Waals surface area contributed by atoms with Crippen LogP contribution in [0.2, 0.25) is 0 Å². The molecule has 0 aliphatic rings. The van der Waals surface area contributed by atoms with E-state index < -0.39 is 35.7 Å². The molecular weight excluding hydrogens is 486 g/mol. The Bertz CT molecular complexity index is 1390. The molecule has 1 atom stereocenters. The number of nitrogens with zero attached hydrogens (tertiary/aromatic N) is 4. The van der Waals surface area contributed by atoms with Gasteiger partial charge in [-0.25, -0.2) is 4.98 Å². The van der Waals surface area contributed by atoms with Crippen molar-refractivity contribution in [3.63, 3.8) is 0 Å². The van der Waals surface area contributed by atoms with Crippen LogP contribution in [0.5, 0.6) is 5.75 Å². The summed E-state index contributed by atoms with van der Waals surface area (Å²) in [6.45, 7) is 0.297. The van der Waals surface area contributed by atoms with E-state index in [9.17, 15) is 31.1 Å². The zero-order valence-electron chi connectivity index (χ0n) is 17.6. The Morgan fingerprint density at radius 3 is 2.49 bits per heavy atom. The van der Waals surface area contributed by atoms with Crippen molar-refractivity contribution in [2.45, 2.75) is 31.9 Å². The van der Waals surface area contributed by atoms with Gasteiger partial charge in [0.25, 0.3) is 5.89 Å². The molecule has 0 bridgehead atoms. The van der Waals surface area contributed by atoms with Crippen molar-refractivity contribution >= 4 is 17.0 Å². The largest absolute Gasteiger partial charge is 0.481 e. The van der Waals surface area contributed by atoms with Gasteiger partial charge in [-0.05, 0) is 43.3 Å². The van der Waals surface area contributed by atoms with E-state index in [1.54, 1.807) is 18.2 Å². The molecule has 4 rings (SSSR count). The molecule has 1 unspecified atom stereocenters. The Morgan fingerprint density at radius 2 is 1.83 bits per heavy atom. The molecule has 14 heteroatoms. The Balaban J connectivity index is 1.65. The van der Waals surface area contributed by atoms with Crippen molar-refractivity contribution in [1.82, 2.24) is 19.7 Å². The van der Waals surface area contributed by atoms with E-state index in [4.69, 9.17) is 9.63 Å². The minimum Gasteiger partial charge on any atom is -0.481 e. The summed E-state index contributed by atoms with van der Waals surface area (Å²) in [6, 6.07) is 7.05. The van der Waals surface area contributed by atoms with Gasteiger partial charge in [0, 0.05) is 11.1 Å². The quantitative estimate of drug-likeness (QED) is 0.364. The maximum absolute atomic E-state index is 13.5. The monoisotopic (exact) mass is 500 g/mol. The number of aliphatic carboxylic acids is 1. The van der Waals surface area contributed by atoms with Crippen molar-refractivity contribution in [3.05, 3.63) is 48.3 Å². The van der Waals surface area contributed by atoms with Crippen LogP contribution < -0.4 is 4.74 Å². The Morgan fingerprint density at radius 1 is 1.11 bits per heavy atom. The minimum atomic E-state index is -5.01. The molecular formula is C21H14F6N4O4. The standard InChI is InChI=1S/C21H14F6N4O4/c1-10(20(22,23)24)34-16-5-3-12(6-13(16)21(25,26)27)19-29-18(30-35-19)11-2-4-15-14(7-11)28-9-31(15)8-17(32)33/h2-7,9-10H,8H2,1H3,(H,32,33). The normalized spacial score (nSPS) is 13.2. The maximum atomic E-state index is 13.5. The zero-order valence-corrected chi connectivity index (χ0v) is 17.6. The molecule has 35 heavy (non-hydrogen) atoms. The topological polar surface area (TPSA) is 103 Å². The van der Waals surface area contributed by atoms with Gasteiger partial charge >= 0.3 is 18.3 Å². The van der Waals surface area contributed by atoms with Crippen molar-refractivity contribution in [1.29, 1.82) is 0 Å². The van der Waals surface area contributed by atoms with Crippen molar-refractivity contribution in [2.75, 3.05) is 0 Å². The fourth-order valence-electron chi connectivity index (χ4n) is 3.18. The summed E-state index contributed by atoms with van der Waals surface area (Å²) in [5.41, 5.74) is -0.276. The Labute approximate surface area is 191 Å². The number of alkyl halides is 6. The van der Waals surface area contributed by atoms with Crippen LogP contribution in [0.1, 0.15) is 12.5 Å². The number of imidazole rings is 1. The number of carboxylic acids is 1. The highest BCUT2D eigenvalue weighted by molar-refractivity contribution is 5.82. The van der Waals surface area contributed by atoms with Gasteiger partial charge in [0.2, 0.25) is 5.82 Å². The molecule has 1 N–H and O–H groups in total. The number of carbonyl (C=O) groups is 1. The second-order valence-corrected chi connectivity index (χ2v) is 7.40. The van der Waals surface area contributed by atoms with Crippen molar-refractivity contribution in [3.8, 4) is 28.6 Å². The lowest BCUT2D eigenvalue weighted by atomic mass is 10.1. The van der Waals surface area contributed by atoms with Crippen LogP contribution in [0, 0.1) is 0 Å². The van der Waals surface area contributed by atoms with Crippen LogP contribution in [0.15, 0.2) is 47.2 Å². The third-order valence-corrected chi connectivity index (χ3v) is 4.91. The first-order chi connectivity index (χ1) is 16.3. The summed E-state index contributed by atoms with van der Waals surface area (Å²) >= 11 is 0. The first-order valence-corrected chi connectivity index (χ1v) is 9.78. The van der Waals surface area contributed by atoms with E-state index >= 15 is 0 Å². The third-order valence-electron chi connectivity index (χ3n) is 4.91. The molecule has 2 aromatic heterocycles. The summed E-state index contributed by atoms with van der Waals surface area (Å²) in [5, 5.41) is 12.7. The summed E-state index contributed by atoms with van der Waals surface area (Å²) in [7, 11) is 0. The average Bonchev–Trinajstić information content (AvgIpc) is 3.39. The van der Waals surface area contributed by atoms with E-state index in [0.29, 0.717) is 29.6 Å². The van der Waals surface area contributed by atoms with E-state index in [1.807, 2.05) is 0 Å². The molecule has 4 aromatic rings. The predicted octanol–water partition coefficient (Wildman–Crippen LogP) is 5.19. The average molecular weight is 500 g/mol. The number of hydrogen-bond donors (Lipinski definition) is 1. The zero-order chi connectivity index (χ0) is 25.5. The van der Waals surface area contributed by atoms with Crippen LogP contribution >= 0.6 is 0 Å². The van der Waals surface area contributed by atoms with Gasteiger partial charge in [0.05, 0.1) is 22.9 Å². The molecule has 0 spiro atoms.